The highest BCUT2D eigenvalue weighted by atomic mass is 32.2. The molecule has 4 atom stereocenters. The van der Waals surface area contributed by atoms with Gasteiger partial charge in [0.25, 0.3) is 5.91 Å². The maximum absolute atomic E-state index is 13.1. The summed E-state index contributed by atoms with van der Waals surface area (Å²) in [6.07, 6.45) is 7.21. The molecule has 2 fully saturated rings. The first-order valence-electron chi connectivity index (χ1n) is 12.4. The zero-order valence-electron chi connectivity index (χ0n) is 19.7. The minimum Gasteiger partial charge on any atom is -0.352 e. The van der Waals surface area contributed by atoms with Gasteiger partial charge in [0.2, 0.25) is 5.91 Å². The molecule has 0 spiro atoms. The molecule has 2 amide bonds. The largest absolute Gasteiger partial charge is 0.352 e. The van der Waals surface area contributed by atoms with Crippen LogP contribution in [-0.2, 0) is 20.8 Å². The molecule has 0 saturated carbocycles. The van der Waals surface area contributed by atoms with Gasteiger partial charge in [0.1, 0.15) is 5.71 Å². The Kier molecular flexibility index (Phi) is 7.57. The fourth-order valence-electron chi connectivity index (χ4n) is 5.04. The number of benzene rings is 1. The standard InChI is InChI=1S/C26H35N3O3S/c1-3-5-14-26(25(32)27-19-12-10-17(4-2)11-13-19)24(29-26)20(30)8-6-7-9-21-23-18(16-33-21)15-22(31)28-23/h10-13,18,21,23H,3-9,14-16H2,1-2H3,(H,27,32)(H,28,31). The summed E-state index contributed by atoms with van der Waals surface area (Å²) < 4.78 is 0. The Morgan fingerprint density at radius 2 is 1.97 bits per heavy atom. The molecular weight excluding hydrogens is 434 g/mol. The molecule has 4 rings (SSSR count). The van der Waals surface area contributed by atoms with Gasteiger partial charge in [-0.05, 0) is 55.1 Å². The number of unbranched alkanes of at least 4 members (excludes halogenated alkanes) is 2. The van der Waals surface area contributed by atoms with Crippen LogP contribution in [0.4, 0.5) is 5.69 Å². The van der Waals surface area contributed by atoms with Crippen LogP contribution in [0.15, 0.2) is 29.3 Å². The molecule has 178 valence electrons. The number of thioether (sulfide) groups is 1. The maximum Gasteiger partial charge on any atom is 0.258 e. The maximum atomic E-state index is 13.1. The monoisotopic (exact) mass is 469 g/mol. The van der Waals surface area contributed by atoms with Gasteiger partial charge in [-0.25, -0.2) is 0 Å². The van der Waals surface area contributed by atoms with E-state index in [-0.39, 0.29) is 17.6 Å². The van der Waals surface area contributed by atoms with E-state index in [1.807, 2.05) is 36.0 Å². The predicted octanol–water partition coefficient (Wildman–Crippen LogP) is 4.32. The number of aliphatic imine (C=N–C) groups is 1. The van der Waals surface area contributed by atoms with Crippen molar-refractivity contribution in [1.82, 2.24) is 5.32 Å². The fraction of sp³-hybridized carbons (Fsp3) is 0.615. The first-order chi connectivity index (χ1) is 16.0. The minimum atomic E-state index is -0.973. The molecule has 3 aliphatic heterocycles. The van der Waals surface area contributed by atoms with E-state index in [9.17, 15) is 14.4 Å². The number of amides is 2. The van der Waals surface area contributed by atoms with Crippen molar-refractivity contribution in [2.24, 2.45) is 10.9 Å². The number of fused-ring (bicyclic) bond motifs is 1. The minimum absolute atomic E-state index is 0.00806. The molecular formula is C26H35N3O3S. The average molecular weight is 470 g/mol. The second kappa shape index (κ2) is 10.4. The third kappa shape index (κ3) is 5.34. The number of hydrogen-bond acceptors (Lipinski definition) is 5. The van der Waals surface area contributed by atoms with Gasteiger partial charge in [-0.2, -0.15) is 11.8 Å². The van der Waals surface area contributed by atoms with Gasteiger partial charge in [0, 0.05) is 29.8 Å². The molecule has 1 aromatic rings. The second-order valence-corrected chi connectivity index (χ2v) is 10.8. The van der Waals surface area contributed by atoms with E-state index in [2.05, 4.69) is 29.5 Å². The van der Waals surface area contributed by atoms with Gasteiger partial charge in [-0.3, -0.25) is 19.4 Å². The summed E-state index contributed by atoms with van der Waals surface area (Å²) >= 11 is 1.95. The first-order valence-corrected chi connectivity index (χ1v) is 13.5. The molecule has 0 bridgehead atoms. The molecule has 3 heterocycles. The summed E-state index contributed by atoms with van der Waals surface area (Å²) in [4.78, 5) is 42.1. The lowest BCUT2D eigenvalue weighted by molar-refractivity contribution is -0.119. The topological polar surface area (TPSA) is 87.6 Å². The van der Waals surface area contributed by atoms with Crippen LogP contribution in [0.5, 0.6) is 0 Å². The van der Waals surface area contributed by atoms with Gasteiger partial charge >= 0.3 is 0 Å². The molecule has 3 aliphatic rings. The number of ketones is 1. The summed E-state index contributed by atoms with van der Waals surface area (Å²) in [7, 11) is 0. The van der Waals surface area contributed by atoms with Crippen molar-refractivity contribution in [2.45, 2.75) is 88.5 Å². The Morgan fingerprint density at radius 3 is 2.70 bits per heavy atom. The van der Waals surface area contributed by atoms with Gasteiger partial charge in [0.05, 0.1) is 0 Å². The normalized spacial score (nSPS) is 27.6. The van der Waals surface area contributed by atoms with Crippen molar-refractivity contribution < 1.29 is 14.4 Å². The third-order valence-electron chi connectivity index (χ3n) is 7.15. The lowest BCUT2D eigenvalue weighted by Crippen LogP contribution is -2.38. The van der Waals surface area contributed by atoms with Crippen LogP contribution >= 0.6 is 11.8 Å². The Balaban J connectivity index is 1.26. The van der Waals surface area contributed by atoms with E-state index >= 15 is 0 Å². The molecule has 6 nitrogen and oxygen atoms in total. The molecule has 7 heteroatoms. The lowest BCUT2D eigenvalue weighted by Gasteiger charge is -2.17. The Hall–Kier alpha value is -2.15. The number of carbonyl (C=O) groups excluding carboxylic acids is 3. The summed E-state index contributed by atoms with van der Waals surface area (Å²) in [5.74, 6) is 1.54. The number of nitrogens with zero attached hydrogens (tertiary/aromatic N) is 1. The number of anilines is 1. The second-order valence-electron chi connectivity index (χ2n) is 9.53. The molecule has 0 radical (unpaired) electrons. The van der Waals surface area contributed by atoms with E-state index in [0.29, 0.717) is 42.2 Å². The van der Waals surface area contributed by atoms with E-state index in [4.69, 9.17) is 0 Å². The number of carbonyl (C=O) groups is 3. The SMILES string of the molecule is CCCCC1(C(=O)Nc2ccc(CC)cc2)N=C1C(=O)CCCCC1SCC2CC(=O)NC21. The van der Waals surface area contributed by atoms with Crippen LogP contribution in [0.1, 0.15) is 70.8 Å². The Labute approximate surface area is 200 Å². The highest BCUT2D eigenvalue weighted by Crippen LogP contribution is 2.40. The summed E-state index contributed by atoms with van der Waals surface area (Å²) in [6, 6.07) is 8.15. The average Bonchev–Trinajstić information content (AvgIpc) is 3.29. The van der Waals surface area contributed by atoms with Crippen molar-refractivity contribution in [1.29, 1.82) is 0 Å². The molecule has 2 saturated heterocycles. The number of rotatable bonds is 12. The number of aryl methyl sites for hydroxylation is 1. The molecule has 4 unspecified atom stereocenters. The first kappa shape index (κ1) is 24.0. The van der Waals surface area contributed by atoms with Crippen LogP contribution in [0.3, 0.4) is 0 Å². The Bertz CT molecular complexity index is 929. The smallest absolute Gasteiger partial charge is 0.258 e. The van der Waals surface area contributed by atoms with E-state index in [0.717, 1.165) is 50.0 Å². The van der Waals surface area contributed by atoms with Gasteiger partial charge in [-0.15, -0.1) is 0 Å². The van der Waals surface area contributed by atoms with Crippen LogP contribution in [-0.4, -0.2) is 45.9 Å². The van der Waals surface area contributed by atoms with Crippen molar-refractivity contribution in [3.05, 3.63) is 29.8 Å². The summed E-state index contributed by atoms with van der Waals surface area (Å²) in [5, 5.41) is 6.56. The van der Waals surface area contributed by atoms with Crippen molar-refractivity contribution in [3.63, 3.8) is 0 Å². The fourth-order valence-corrected chi connectivity index (χ4v) is 6.69. The van der Waals surface area contributed by atoms with E-state index < -0.39 is 5.54 Å². The number of nitrogens with one attached hydrogen (secondary N) is 2. The van der Waals surface area contributed by atoms with Crippen molar-refractivity contribution in [3.8, 4) is 0 Å². The van der Waals surface area contributed by atoms with Gasteiger partial charge in [0.15, 0.2) is 11.3 Å². The van der Waals surface area contributed by atoms with Crippen LogP contribution in [0.2, 0.25) is 0 Å². The number of hydrogen-bond donors (Lipinski definition) is 2. The highest BCUT2D eigenvalue weighted by Gasteiger charge is 2.56. The summed E-state index contributed by atoms with van der Waals surface area (Å²) in [5.41, 5.74) is 1.44. The van der Waals surface area contributed by atoms with E-state index in [1.54, 1.807) is 0 Å². The quantitative estimate of drug-likeness (QED) is 0.446. The Morgan fingerprint density at radius 1 is 1.18 bits per heavy atom. The van der Waals surface area contributed by atoms with Crippen LogP contribution < -0.4 is 10.6 Å². The highest BCUT2D eigenvalue weighted by molar-refractivity contribution is 8.00. The van der Waals surface area contributed by atoms with Gasteiger partial charge < -0.3 is 10.6 Å². The lowest BCUT2D eigenvalue weighted by atomic mass is 9.91. The van der Waals surface area contributed by atoms with Crippen molar-refractivity contribution in [2.75, 3.05) is 11.1 Å². The van der Waals surface area contributed by atoms with Crippen LogP contribution in [0.25, 0.3) is 0 Å². The molecule has 2 N–H and O–H groups in total. The van der Waals surface area contributed by atoms with Gasteiger partial charge in [-0.1, -0.05) is 45.2 Å². The zero-order valence-corrected chi connectivity index (χ0v) is 20.5. The molecule has 0 aliphatic carbocycles. The van der Waals surface area contributed by atoms with E-state index in [1.165, 1.54) is 5.56 Å². The molecule has 1 aromatic carbocycles. The zero-order chi connectivity index (χ0) is 23.4. The van der Waals surface area contributed by atoms with Crippen LogP contribution in [0, 0.1) is 5.92 Å². The molecule has 33 heavy (non-hydrogen) atoms. The molecule has 0 aromatic heterocycles. The third-order valence-corrected chi connectivity index (χ3v) is 8.72. The predicted molar refractivity (Wildman–Crippen MR) is 134 cm³/mol. The van der Waals surface area contributed by atoms with Crippen molar-refractivity contribution >= 4 is 40.8 Å². The number of Topliss-reactive ketones (excluding diaryl/α,β-unsaturated/α-hetero) is 1. The summed E-state index contributed by atoms with van der Waals surface area (Å²) in [6.45, 7) is 4.18.